The van der Waals surface area contributed by atoms with Crippen molar-refractivity contribution < 1.29 is 28.5 Å². The summed E-state index contributed by atoms with van der Waals surface area (Å²) in [5.74, 6) is -0.113. The maximum Gasteiger partial charge on any atom is 0.305 e. The summed E-state index contributed by atoms with van der Waals surface area (Å²) in [7, 11) is 1.65. The van der Waals surface area contributed by atoms with Crippen LogP contribution in [0.5, 0.6) is 0 Å². The largest absolute Gasteiger partial charge is 0.466 e. The molecule has 0 aliphatic carbocycles. The molecule has 0 aromatic rings. The van der Waals surface area contributed by atoms with Crippen LogP contribution in [-0.2, 0) is 28.5 Å². The molecule has 0 heterocycles. The molecule has 6 nitrogen and oxygen atoms in total. The Balaban J connectivity index is 3.13. The molecule has 0 spiro atoms. The molecule has 0 unspecified atom stereocenters. The van der Waals surface area contributed by atoms with Crippen molar-refractivity contribution in [3.8, 4) is 0 Å². The molecule has 0 aromatic carbocycles. The van der Waals surface area contributed by atoms with Crippen molar-refractivity contribution >= 4 is 5.97 Å². The number of hydrogen-bond acceptors (Lipinski definition) is 6. The Labute approximate surface area is 204 Å². The third-order valence-electron chi connectivity index (χ3n) is 5.61. The first-order chi connectivity index (χ1) is 16.3. The van der Waals surface area contributed by atoms with E-state index in [2.05, 4.69) is 6.92 Å². The molecule has 0 aromatic heterocycles. The molecular weight excluding hydrogens is 420 g/mol. The van der Waals surface area contributed by atoms with Gasteiger partial charge in [0.15, 0.2) is 0 Å². The average Bonchev–Trinajstić information content (AvgIpc) is 2.82. The van der Waals surface area contributed by atoms with Crippen LogP contribution in [0.2, 0.25) is 0 Å². The van der Waals surface area contributed by atoms with Crippen LogP contribution in [0, 0.1) is 0 Å². The Bertz CT molecular complexity index is 378. The summed E-state index contributed by atoms with van der Waals surface area (Å²) in [5, 5.41) is 0. The van der Waals surface area contributed by atoms with Crippen LogP contribution in [0.1, 0.15) is 110 Å². The standard InChI is InChI=1S/C27H54O6/c1-3-4-5-6-7-8-9-10-11-12-13-14-15-16-20-33-27(28)18-17-19-30-23-24-32-26-25-31-22-21-29-2/h3-26H2,1-2H3. The van der Waals surface area contributed by atoms with E-state index in [0.717, 1.165) is 12.8 Å². The van der Waals surface area contributed by atoms with Gasteiger partial charge in [0.1, 0.15) is 0 Å². The van der Waals surface area contributed by atoms with E-state index in [9.17, 15) is 4.79 Å². The van der Waals surface area contributed by atoms with E-state index in [1.54, 1.807) is 7.11 Å². The van der Waals surface area contributed by atoms with Crippen LogP contribution in [0.15, 0.2) is 0 Å². The Kier molecular flexibility index (Phi) is 28.7. The summed E-state index contributed by atoms with van der Waals surface area (Å²) >= 11 is 0. The van der Waals surface area contributed by atoms with E-state index in [1.807, 2.05) is 0 Å². The third kappa shape index (κ3) is 29.3. The third-order valence-corrected chi connectivity index (χ3v) is 5.61. The number of carbonyl (C=O) groups excluding carboxylic acids is 1. The first-order valence-electron chi connectivity index (χ1n) is 13.7. The quantitative estimate of drug-likeness (QED) is 0.0954. The number of esters is 1. The van der Waals surface area contributed by atoms with Crippen LogP contribution in [-0.4, -0.2) is 65.9 Å². The molecule has 0 aliphatic rings. The number of methoxy groups -OCH3 is 1. The van der Waals surface area contributed by atoms with Gasteiger partial charge in [0.05, 0.1) is 46.2 Å². The van der Waals surface area contributed by atoms with Crippen LogP contribution < -0.4 is 0 Å². The molecule has 0 atom stereocenters. The molecule has 0 rings (SSSR count). The van der Waals surface area contributed by atoms with Crippen molar-refractivity contribution in [3.05, 3.63) is 0 Å². The topological polar surface area (TPSA) is 63.2 Å². The van der Waals surface area contributed by atoms with Crippen molar-refractivity contribution in [2.75, 3.05) is 60.0 Å². The fourth-order valence-electron chi connectivity index (χ4n) is 3.56. The first kappa shape index (κ1) is 32.3. The molecule has 0 fully saturated rings. The number of ether oxygens (including phenoxy) is 5. The summed E-state index contributed by atoms with van der Waals surface area (Å²) in [6.07, 6.45) is 19.8. The molecule has 0 saturated heterocycles. The highest BCUT2D eigenvalue weighted by Crippen LogP contribution is 2.13. The van der Waals surface area contributed by atoms with E-state index in [-0.39, 0.29) is 5.97 Å². The van der Waals surface area contributed by atoms with Crippen molar-refractivity contribution in [2.24, 2.45) is 0 Å². The summed E-state index contributed by atoms with van der Waals surface area (Å²) in [5.41, 5.74) is 0. The van der Waals surface area contributed by atoms with Gasteiger partial charge in [-0.15, -0.1) is 0 Å². The van der Waals surface area contributed by atoms with E-state index in [1.165, 1.54) is 77.0 Å². The van der Waals surface area contributed by atoms with Gasteiger partial charge < -0.3 is 23.7 Å². The number of hydrogen-bond donors (Lipinski definition) is 0. The molecule has 0 radical (unpaired) electrons. The van der Waals surface area contributed by atoms with E-state index >= 15 is 0 Å². The summed E-state index contributed by atoms with van der Waals surface area (Å²) in [6.45, 7) is 6.77. The Morgan fingerprint density at radius 1 is 0.485 bits per heavy atom. The lowest BCUT2D eigenvalue weighted by molar-refractivity contribution is -0.144. The van der Waals surface area contributed by atoms with Crippen molar-refractivity contribution in [1.82, 2.24) is 0 Å². The zero-order valence-electron chi connectivity index (χ0n) is 21.9. The minimum atomic E-state index is -0.113. The summed E-state index contributed by atoms with van der Waals surface area (Å²) in [4.78, 5) is 11.7. The SMILES string of the molecule is CCCCCCCCCCCCCCCCOC(=O)CCCOCCOCCOCCOC. The van der Waals surface area contributed by atoms with Gasteiger partial charge in [-0.1, -0.05) is 90.4 Å². The lowest BCUT2D eigenvalue weighted by Crippen LogP contribution is -2.12. The number of carbonyl (C=O) groups is 1. The molecule has 0 aliphatic heterocycles. The van der Waals surface area contributed by atoms with Gasteiger partial charge in [-0.05, 0) is 12.8 Å². The van der Waals surface area contributed by atoms with Crippen LogP contribution >= 0.6 is 0 Å². The highest BCUT2D eigenvalue weighted by atomic mass is 16.6. The van der Waals surface area contributed by atoms with Gasteiger partial charge >= 0.3 is 5.97 Å². The van der Waals surface area contributed by atoms with Gasteiger partial charge in [-0.2, -0.15) is 0 Å². The van der Waals surface area contributed by atoms with Crippen LogP contribution in [0.25, 0.3) is 0 Å². The predicted octanol–water partition coefficient (Wildman–Crippen LogP) is 6.49. The van der Waals surface area contributed by atoms with Gasteiger partial charge in [0.2, 0.25) is 0 Å². The lowest BCUT2D eigenvalue weighted by Gasteiger charge is -2.07. The van der Waals surface area contributed by atoms with E-state index < -0.39 is 0 Å². The van der Waals surface area contributed by atoms with E-state index in [4.69, 9.17) is 23.7 Å². The smallest absolute Gasteiger partial charge is 0.305 e. The average molecular weight is 475 g/mol. The lowest BCUT2D eigenvalue weighted by atomic mass is 10.0. The molecule has 6 heteroatoms. The Morgan fingerprint density at radius 2 is 0.909 bits per heavy atom. The van der Waals surface area contributed by atoms with Gasteiger partial charge in [0, 0.05) is 20.1 Å². The molecule has 0 amide bonds. The Morgan fingerprint density at radius 3 is 1.39 bits per heavy atom. The highest BCUT2D eigenvalue weighted by Gasteiger charge is 2.02. The second-order valence-corrected chi connectivity index (χ2v) is 8.75. The predicted molar refractivity (Wildman–Crippen MR) is 135 cm³/mol. The number of unbranched alkanes of at least 4 members (excludes halogenated alkanes) is 13. The second-order valence-electron chi connectivity index (χ2n) is 8.75. The van der Waals surface area contributed by atoms with E-state index in [0.29, 0.717) is 65.7 Å². The first-order valence-corrected chi connectivity index (χ1v) is 13.7. The fraction of sp³-hybridized carbons (Fsp3) is 0.963. The van der Waals surface area contributed by atoms with Gasteiger partial charge in [-0.25, -0.2) is 0 Å². The Hall–Kier alpha value is -0.690. The highest BCUT2D eigenvalue weighted by molar-refractivity contribution is 5.69. The minimum Gasteiger partial charge on any atom is -0.466 e. The molecule has 0 bridgehead atoms. The summed E-state index contributed by atoms with van der Waals surface area (Å²) in [6, 6.07) is 0. The van der Waals surface area contributed by atoms with Gasteiger partial charge in [-0.3, -0.25) is 4.79 Å². The molecule has 198 valence electrons. The fourth-order valence-corrected chi connectivity index (χ4v) is 3.56. The summed E-state index contributed by atoms with van der Waals surface area (Å²) < 4.78 is 26.4. The van der Waals surface area contributed by atoms with Crippen LogP contribution in [0.4, 0.5) is 0 Å². The van der Waals surface area contributed by atoms with Gasteiger partial charge in [0.25, 0.3) is 0 Å². The molecule has 33 heavy (non-hydrogen) atoms. The molecule has 0 saturated carbocycles. The molecular formula is C27H54O6. The zero-order chi connectivity index (χ0) is 24.1. The minimum absolute atomic E-state index is 0.113. The maximum absolute atomic E-state index is 11.7. The second kappa shape index (κ2) is 29.3. The maximum atomic E-state index is 11.7. The normalized spacial score (nSPS) is 11.2. The number of rotatable bonds is 28. The van der Waals surface area contributed by atoms with Crippen molar-refractivity contribution in [1.29, 1.82) is 0 Å². The van der Waals surface area contributed by atoms with Crippen LogP contribution in [0.3, 0.4) is 0 Å². The van der Waals surface area contributed by atoms with Crippen molar-refractivity contribution in [3.63, 3.8) is 0 Å². The van der Waals surface area contributed by atoms with Crippen molar-refractivity contribution in [2.45, 2.75) is 110 Å². The monoisotopic (exact) mass is 474 g/mol. The zero-order valence-corrected chi connectivity index (χ0v) is 21.9. The molecule has 0 N–H and O–H groups in total.